The number of benzene rings is 8. The van der Waals surface area contributed by atoms with Gasteiger partial charge >= 0.3 is 6.18 Å². The summed E-state index contributed by atoms with van der Waals surface area (Å²) >= 11 is 0. The Morgan fingerprint density at radius 2 is 0.818 bits per heavy atom. The van der Waals surface area contributed by atoms with E-state index in [4.69, 9.17) is 0 Å². The number of alkyl halides is 3. The van der Waals surface area contributed by atoms with Crippen molar-refractivity contribution in [3.8, 4) is 81.2 Å². The highest BCUT2D eigenvalue weighted by Crippen LogP contribution is 2.43. The minimum atomic E-state index is -4.77. The average Bonchev–Trinajstić information content (AvgIpc) is 3.87. The Bertz CT molecular complexity index is 3800. The molecule has 0 amide bonds. The predicted octanol–water partition coefficient (Wildman–Crippen LogP) is 13.1. The van der Waals surface area contributed by atoms with E-state index in [2.05, 4.69) is 30.3 Å². The van der Waals surface area contributed by atoms with Crippen LogP contribution in [0, 0.1) is 68.0 Å². The lowest BCUT2D eigenvalue weighted by molar-refractivity contribution is -0.137. The summed E-state index contributed by atoms with van der Waals surface area (Å²) in [7, 11) is 0. The summed E-state index contributed by atoms with van der Waals surface area (Å²) in [5, 5.41) is 63.6. The monoisotopic (exact) mass is 854 g/mol. The highest BCUT2D eigenvalue weighted by atomic mass is 19.4. The Hall–Kier alpha value is -9.91. The molecule has 0 saturated heterocycles. The van der Waals surface area contributed by atoms with Crippen LogP contribution in [0.3, 0.4) is 0 Å². The lowest BCUT2D eigenvalue weighted by Crippen LogP contribution is -2.07. The molecule has 0 fully saturated rings. The molecule has 306 valence electrons. The second kappa shape index (κ2) is 15.5. The number of para-hydroxylation sites is 2. The van der Waals surface area contributed by atoms with Gasteiger partial charge in [0.1, 0.15) is 11.6 Å². The van der Waals surface area contributed by atoms with Crippen molar-refractivity contribution in [2.24, 2.45) is 0 Å². The van der Waals surface area contributed by atoms with Crippen LogP contribution in [-0.4, -0.2) is 9.13 Å². The first-order valence-electron chi connectivity index (χ1n) is 20.2. The molecule has 11 heteroatoms. The van der Waals surface area contributed by atoms with Gasteiger partial charge in [-0.25, -0.2) is 0 Å². The molecule has 0 aliphatic rings. The Labute approximate surface area is 374 Å². The van der Waals surface area contributed by atoms with Gasteiger partial charge in [-0.1, -0.05) is 60.7 Å². The molecule has 8 aromatic carbocycles. The number of halogens is 3. The highest BCUT2D eigenvalue weighted by Gasteiger charge is 2.32. The van der Waals surface area contributed by atoms with Crippen LogP contribution in [0.5, 0.6) is 0 Å². The normalized spacial score (nSPS) is 11.2. The molecular formula is C55H25F3N8. The van der Waals surface area contributed by atoms with Gasteiger partial charge in [0.2, 0.25) is 0 Å². The molecule has 8 nitrogen and oxygen atoms in total. The third-order valence-electron chi connectivity index (χ3n) is 11.9. The van der Waals surface area contributed by atoms with E-state index in [0.29, 0.717) is 83.5 Å². The molecule has 0 radical (unpaired) electrons. The first-order chi connectivity index (χ1) is 32.1. The number of rotatable bonds is 5. The highest BCUT2D eigenvalue weighted by molar-refractivity contribution is 6.12. The van der Waals surface area contributed by atoms with Gasteiger partial charge in [-0.15, -0.1) is 0 Å². The summed E-state index contributed by atoms with van der Waals surface area (Å²) in [5.41, 5.74) is 6.81. The van der Waals surface area contributed by atoms with Gasteiger partial charge in [0.15, 0.2) is 0 Å². The van der Waals surface area contributed by atoms with Gasteiger partial charge in [0.05, 0.1) is 97.2 Å². The van der Waals surface area contributed by atoms with Gasteiger partial charge in [-0.05, 0) is 124 Å². The Morgan fingerprint density at radius 1 is 0.364 bits per heavy atom. The molecule has 0 N–H and O–H groups in total. The fourth-order valence-electron chi connectivity index (χ4n) is 8.98. The van der Waals surface area contributed by atoms with E-state index in [9.17, 15) is 44.7 Å². The van der Waals surface area contributed by atoms with Gasteiger partial charge in [-0.2, -0.15) is 44.7 Å². The zero-order valence-corrected chi connectivity index (χ0v) is 34.1. The van der Waals surface area contributed by atoms with E-state index in [1.165, 1.54) is 18.2 Å². The molecule has 0 aliphatic carbocycles. The van der Waals surface area contributed by atoms with Crippen molar-refractivity contribution in [1.29, 1.82) is 31.6 Å². The number of nitriles is 6. The predicted molar refractivity (Wildman–Crippen MR) is 245 cm³/mol. The Kier molecular flexibility index (Phi) is 9.41. The maximum absolute atomic E-state index is 14.5. The van der Waals surface area contributed by atoms with E-state index in [-0.39, 0.29) is 16.7 Å². The van der Waals surface area contributed by atoms with E-state index < -0.39 is 11.7 Å². The zero-order valence-electron chi connectivity index (χ0n) is 34.1. The Balaban J connectivity index is 1.30. The topological polar surface area (TPSA) is 153 Å². The van der Waals surface area contributed by atoms with Gasteiger partial charge < -0.3 is 9.13 Å². The van der Waals surface area contributed by atoms with Crippen molar-refractivity contribution >= 4 is 43.6 Å². The van der Waals surface area contributed by atoms with Crippen LogP contribution in [0.25, 0.3) is 88.4 Å². The van der Waals surface area contributed by atoms with E-state index in [1.807, 2.05) is 100 Å². The number of nitrogens with zero attached hydrogens (tertiary/aromatic N) is 8. The third kappa shape index (κ3) is 6.42. The van der Waals surface area contributed by atoms with Crippen molar-refractivity contribution < 1.29 is 13.2 Å². The summed E-state index contributed by atoms with van der Waals surface area (Å²) in [6, 6.07) is 55.7. The third-order valence-corrected chi connectivity index (χ3v) is 11.9. The number of aromatic nitrogens is 2. The van der Waals surface area contributed by atoms with Crippen molar-refractivity contribution in [3.63, 3.8) is 0 Å². The lowest BCUT2D eigenvalue weighted by atomic mass is 9.96. The molecule has 2 aromatic heterocycles. The Morgan fingerprint density at radius 3 is 1.26 bits per heavy atom. The summed E-state index contributed by atoms with van der Waals surface area (Å²) < 4.78 is 47.2. The van der Waals surface area contributed by atoms with Gasteiger partial charge in [0.25, 0.3) is 0 Å². The van der Waals surface area contributed by atoms with Gasteiger partial charge in [-0.3, -0.25) is 0 Å². The quantitative estimate of drug-likeness (QED) is 0.168. The molecule has 0 atom stereocenters. The van der Waals surface area contributed by atoms with E-state index >= 15 is 0 Å². The second-order valence-electron chi connectivity index (χ2n) is 15.5. The molecule has 2 heterocycles. The van der Waals surface area contributed by atoms with Crippen LogP contribution in [0.1, 0.15) is 38.9 Å². The summed E-state index contributed by atoms with van der Waals surface area (Å²) in [6.07, 6.45) is -4.77. The molecule has 0 bridgehead atoms. The van der Waals surface area contributed by atoms with Crippen LogP contribution in [-0.2, 0) is 6.18 Å². The molecule has 10 rings (SSSR count). The first kappa shape index (κ1) is 40.2. The minimum Gasteiger partial charge on any atom is -0.308 e. The molecule has 0 spiro atoms. The van der Waals surface area contributed by atoms with Crippen molar-refractivity contribution in [2.45, 2.75) is 6.18 Å². The number of hydrogen-bond donors (Lipinski definition) is 0. The average molecular weight is 855 g/mol. The fraction of sp³-hybridized carbons (Fsp3) is 0.0182. The molecule has 0 unspecified atom stereocenters. The van der Waals surface area contributed by atoms with Crippen LogP contribution in [0.4, 0.5) is 13.2 Å². The van der Waals surface area contributed by atoms with Crippen molar-refractivity contribution in [1.82, 2.24) is 9.13 Å². The summed E-state index contributed by atoms with van der Waals surface area (Å²) in [5.74, 6) is 0. The SMILES string of the molecule is N#Cc1cc(-c2cc(-n3c4ccccc4c4cc(-c5ccc(C#N)cc5C#N)ccc43)c(C#N)c(-n3c4ccccc4c4cc(-c5ccc(C#N)cc5C#N)ccc43)c2)cc(C(F)(F)F)c1. The van der Waals surface area contributed by atoms with Crippen LogP contribution < -0.4 is 0 Å². The number of hydrogen-bond acceptors (Lipinski definition) is 6. The molecular weight excluding hydrogens is 830 g/mol. The van der Waals surface area contributed by atoms with Crippen LogP contribution in [0.2, 0.25) is 0 Å². The summed E-state index contributed by atoms with van der Waals surface area (Å²) in [6.45, 7) is 0. The van der Waals surface area contributed by atoms with Crippen molar-refractivity contribution in [3.05, 3.63) is 191 Å². The smallest absolute Gasteiger partial charge is 0.308 e. The van der Waals surface area contributed by atoms with Crippen molar-refractivity contribution in [2.75, 3.05) is 0 Å². The standard InChI is InChI=1S/C55H25F3N8/c56-55(57,58)41-20-34(28-61)19-37(21-41)38-24-53(65-49-7-3-1-5-44(49)46-22-35(11-15-51(46)65)42-13-9-32(26-59)17-39(42)29-62)48(31-64)54(25-38)66-50-8-4-2-6-45(50)47-23-36(12-16-52(47)66)43-14-10-33(27-60)18-40(43)30-63/h1-25H. The maximum atomic E-state index is 14.5. The molecule has 0 aliphatic heterocycles. The molecule has 66 heavy (non-hydrogen) atoms. The molecule has 0 saturated carbocycles. The largest absolute Gasteiger partial charge is 0.416 e. The van der Waals surface area contributed by atoms with E-state index in [0.717, 1.165) is 33.7 Å². The maximum Gasteiger partial charge on any atom is 0.416 e. The van der Waals surface area contributed by atoms with Gasteiger partial charge in [0, 0.05) is 21.5 Å². The second-order valence-corrected chi connectivity index (χ2v) is 15.5. The zero-order chi connectivity index (χ0) is 45.9. The lowest BCUT2D eigenvalue weighted by Gasteiger charge is -2.19. The number of fused-ring (bicyclic) bond motifs is 6. The van der Waals surface area contributed by atoms with Crippen LogP contribution in [0.15, 0.2) is 152 Å². The summed E-state index contributed by atoms with van der Waals surface area (Å²) in [4.78, 5) is 0. The fourth-order valence-corrected chi connectivity index (χ4v) is 8.98. The van der Waals surface area contributed by atoms with E-state index in [1.54, 1.807) is 36.4 Å². The minimum absolute atomic E-state index is 0.106. The first-order valence-corrected chi connectivity index (χ1v) is 20.2. The van der Waals surface area contributed by atoms with Crippen LogP contribution >= 0.6 is 0 Å². The molecule has 10 aromatic rings.